The molecule has 0 saturated carbocycles. The molecule has 0 unspecified atom stereocenters. The molecule has 7 N–H and O–H groups in total. The normalized spacial score (nSPS) is 14.5. The fourth-order valence-corrected chi connectivity index (χ4v) is 4.80. The van der Waals surface area contributed by atoms with E-state index in [9.17, 15) is 25.2 Å². The van der Waals surface area contributed by atoms with E-state index in [1.807, 2.05) is 24.3 Å². The van der Waals surface area contributed by atoms with Gasteiger partial charge in [-0.25, -0.2) is 4.68 Å². The smallest absolute Gasteiger partial charge is 0.299 e. The van der Waals surface area contributed by atoms with Crippen molar-refractivity contribution in [2.75, 3.05) is 30.8 Å². The zero-order chi connectivity index (χ0) is 31.4. The minimum atomic E-state index is -1.82. The van der Waals surface area contributed by atoms with E-state index in [1.165, 1.54) is 21.2 Å². The van der Waals surface area contributed by atoms with Crippen molar-refractivity contribution in [1.82, 2.24) is 18.9 Å². The van der Waals surface area contributed by atoms with Gasteiger partial charge in [0.2, 0.25) is 4.77 Å². The molecular weight excluding hydrogens is 576 g/mol. The van der Waals surface area contributed by atoms with Crippen LogP contribution in [0, 0.1) is 11.7 Å². The van der Waals surface area contributed by atoms with Gasteiger partial charge in [-0.3, -0.25) is 14.0 Å². The Morgan fingerprint density at radius 1 is 0.930 bits per heavy atom. The minimum Gasteiger partial charge on any atom is -0.394 e. The molecule has 4 atom stereocenters. The van der Waals surface area contributed by atoms with Gasteiger partial charge in [0.1, 0.15) is 24.1 Å². The van der Waals surface area contributed by atoms with Crippen LogP contribution >= 0.6 is 12.2 Å². The predicted molar refractivity (Wildman–Crippen MR) is 163 cm³/mol. The van der Waals surface area contributed by atoms with Gasteiger partial charge in [-0.2, -0.15) is 4.98 Å². The van der Waals surface area contributed by atoms with E-state index in [-0.39, 0.29) is 34.3 Å². The first kappa shape index (κ1) is 31.7. The van der Waals surface area contributed by atoms with Gasteiger partial charge in [-0.05, 0) is 43.4 Å². The number of hydrogen-bond acceptors (Lipinski definition) is 12. The number of azo groups is 1. The Morgan fingerprint density at radius 3 is 2.05 bits per heavy atom. The van der Waals surface area contributed by atoms with E-state index in [2.05, 4.69) is 15.2 Å². The second kappa shape index (κ2) is 13.4. The van der Waals surface area contributed by atoms with Crippen molar-refractivity contribution in [3.63, 3.8) is 0 Å². The van der Waals surface area contributed by atoms with E-state index in [0.717, 1.165) is 0 Å². The molecule has 2 aromatic heterocycles. The van der Waals surface area contributed by atoms with Gasteiger partial charge in [-0.15, -0.1) is 10.2 Å². The van der Waals surface area contributed by atoms with Gasteiger partial charge in [0.25, 0.3) is 5.56 Å². The molecular formula is C28H34N8O6S. The van der Waals surface area contributed by atoms with Crippen LogP contribution in [0.5, 0.6) is 0 Å². The highest BCUT2D eigenvalue weighted by Crippen LogP contribution is 2.35. The number of anilines is 2. The Balaban J connectivity index is 1.82. The van der Waals surface area contributed by atoms with Crippen LogP contribution in [-0.4, -0.2) is 89.1 Å². The lowest BCUT2D eigenvalue weighted by Crippen LogP contribution is -2.49. The van der Waals surface area contributed by atoms with Gasteiger partial charge in [0, 0.05) is 26.3 Å². The van der Waals surface area contributed by atoms with Crippen molar-refractivity contribution in [3.8, 4) is 11.4 Å². The fourth-order valence-electron chi connectivity index (χ4n) is 4.51. The number of aliphatic hydroxyl groups excluding tert-OH is 5. The van der Waals surface area contributed by atoms with E-state index in [1.54, 1.807) is 55.1 Å². The average Bonchev–Trinajstić information content (AvgIpc) is 3.22. The zero-order valence-corrected chi connectivity index (χ0v) is 24.6. The Bertz CT molecular complexity index is 1710. The van der Waals surface area contributed by atoms with Crippen LogP contribution in [0.15, 0.2) is 75.7 Å². The number of nitrogens with zero attached hydrogens (tertiary/aromatic N) is 7. The van der Waals surface area contributed by atoms with Crippen molar-refractivity contribution >= 4 is 35.2 Å². The first-order valence-corrected chi connectivity index (χ1v) is 13.7. The van der Waals surface area contributed by atoms with Crippen LogP contribution in [0.3, 0.4) is 0 Å². The van der Waals surface area contributed by atoms with Crippen molar-refractivity contribution in [1.29, 1.82) is 0 Å². The number of hydrogen-bond donors (Lipinski definition) is 6. The quantitative estimate of drug-likeness (QED) is 0.106. The minimum absolute atomic E-state index is 0.0199. The number of benzene rings is 2. The lowest BCUT2D eigenvalue weighted by atomic mass is 10.0. The Hall–Kier alpha value is -4.25. The number of likely N-dealkylation sites (N-methyl/N-ethyl adjacent to an activating group) is 1. The molecule has 15 heteroatoms. The first-order valence-electron chi connectivity index (χ1n) is 13.3. The Morgan fingerprint density at radius 2 is 1.47 bits per heavy atom. The SMILES string of the molecule is Cc1c(N=Nc2c(N(C)C[C@H](O)[C@@H](O)[C@H](O)[C@H](O)CO)nc(=S)n(-c3ccccc3)c2N)c(=O)n(-c2ccccc2)n1C. The van der Waals surface area contributed by atoms with Gasteiger partial charge in [-0.1, -0.05) is 36.4 Å². The molecule has 0 bridgehead atoms. The highest BCUT2D eigenvalue weighted by atomic mass is 32.1. The maximum absolute atomic E-state index is 13.4. The largest absolute Gasteiger partial charge is 0.394 e. The van der Waals surface area contributed by atoms with E-state index in [4.69, 9.17) is 23.1 Å². The lowest BCUT2D eigenvalue weighted by Gasteiger charge is -2.29. The van der Waals surface area contributed by atoms with Crippen molar-refractivity contribution in [2.45, 2.75) is 31.3 Å². The number of aliphatic hydroxyl groups is 5. The monoisotopic (exact) mass is 610 g/mol. The third-order valence-corrected chi connectivity index (χ3v) is 7.30. The summed E-state index contributed by atoms with van der Waals surface area (Å²) in [6.45, 7) is 0.594. The molecule has 2 heterocycles. The topological polar surface area (TPSA) is 200 Å². The fraction of sp³-hybridized carbons (Fsp3) is 0.321. The zero-order valence-electron chi connectivity index (χ0n) is 23.8. The van der Waals surface area contributed by atoms with Crippen molar-refractivity contribution in [3.05, 3.63) is 81.5 Å². The molecule has 0 aliphatic carbocycles. The lowest BCUT2D eigenvalue weighted by molar-refractivity contribution is -0.112. The summed E-state index contributed by atoms with van der Waals surface area (Å²) < 4.78 is 4.64. The molecule has 0 aliphatic heterocycles. The van der Waals surface area contributed by atoms with Gasteiger partial charge in [0.15, 0.2) is 17.2 Å². The third kappa shape index (κ3) is 6.41. The molecule has 0 saturated heterocycles. The van der Waals surface area contributed by atoms with Crippen LogP contribution in [0.25, 0.3) is 11.4 Å². The summed E-state index contributed by atoms with van der Waals surface area (Å²) >= 11 is 5.54. The average molecular weight is 611 g/mol. The van der Waals surface area contributed by atoms with Crippen molar-refractivity contribution in [2.24, 2.45) is 17.3 Å². The standard InChI is InChI=1S/C28H34N8O6S/c1-16-21(27(42)36(34(16)3)18-12-8-5-9-13-18)31-32-22-25(29)35(17-10-6-4-7-11-17)28(43)30-26(22)33(2)14-19(38)23(40)24(41)20(39)15-37/h4-13,19-20,23-24,37-41H,14-15,29H2,1-3H3/t19-,20+,23+,24+/m0/s1. The predicted octanol–water partition coefficient (Wildman–Crippen LogP) is 1.27. The third-order valence-electron chi connectivity index (χ3n) is 7.02. The maximum atomic E-state index is 13.4. The molecule has 43 heavy (non-hydrogen) atoms. The summed E-state index contributed by atoms with van der Waals surface area (Å²) in [6.07, 6.45) is -6.89. The van der Waals surface area contributed by atoms with Gasteiger partial charge < -0.3 is 36.2 Å². The second-order valence-electron chi connectivity index (χ2n) is 9.91. The number of aromatic nitrogens is 4. The van der Waals surface area contributed by atoms with E-state index in [0.29, 0.717) is 17.1 Å². The molecule has 4 rings (SSSR count). The molecule has 0 fully saturated rings. The molecule has 0 spiro atoms. The molecule has 14 nitrogen and oxygen atoms in total. The van der Waals surface area contributed by atoms with E-state index < -0.39 is 36.6 Å². The van der Waals surface area contributed by atoms with Crippen molar-refractivity contribution < 1.29 is 25.5 Å². The highest BCUT2D eigenvalue weighted by molar-refractivity contribution is 7.71. The van der Waals surface area contributed by atoms with Crippen LogP contribution in [0.4, 0.5) is 23.0 Å². The number of nitrogen functional groups attached to an aromatic ring is 1. The molecule has 228 valence electrons. The van der Waals surface area contributed by atoms with Crippen LogP contribution in [-0.2, 0) is 7.05 Å². The highest BCUT2D eigenvalue weighted by Gasteiger charge is 2.31. The van der Waals surface area contributed by atoms with Crippen LogP contribution in [0.1, 0.15) is 5.69 Å². The number of para-hydroxylation sites is 2. The summed E-state index contributed by atoms with van der Waals surface area (Å²) in [5.41, 5.74) is 8.03. The first-order chi connectivity index (χ1) is 20.5. The summed E-state index contributed by atoms with van der Waals surface area (Å²) in [5.74, 6) is 0.110. The number of rotatable bonds is 11. The molecule has 4 aromatic rings. The Labute approximate surface area is 251 Å². The summed E-state index contributed by atoms with van der Waals surface area (Å²) in [5, 5.41) is 58.4. The van der Waals surface area contributed by atoms with E-state index >= 15 is 0 Å². The summed E-state index contributed by atoms with van der Waals surface area (Å²) in [6, 6.07) is 18.0. The molecule has 0 aliphatic rings. The summed E-state index contributed by atoms with van der Waals surface area (Å²) in [4.78, 5) is 19.3. The van der Waals surface area contributed by atoms with Crippen LogP contribution < -0.4 is 16.2 Å². The van der Waals surface area contributed by atoms with Crippen LogP contribution in [0.2, 0.25) is 0 Å². The molecule has 0 amide bonds. The Kier molecular flexibility index (Phi) is 9.85. The summed E-state index contributed by atoms with van der Waals surface area (Å²) in [7, 11) is 3.24. The molecule has 2 aromatic carbocycles. The van der Waals surface area contributed by atoms with Gasteiger partial charge in [0.05, 0.1) is 24.1 Å². The maximum Gasteiger partial charge on any atom is 0.299 e. The second-order valence-corrected chi connectivity index (χ2v) is 10.3. The van der Waals surface area contributed by atoms with Gasteiger partial charge >= 0.3 is 0 Å². The molecule has 0 radical (unpaired) electrons. The number of nitrogens with two attached hydrogens (primary N) is 1.